The number of carbonyl (C=O) groups is 1. The van der Waals surface area contributed by atoms with Gasteiger partial charge in [-0.1, -0.05) is 6.92 Å². The first-order valence-electron chi connectivity index (χ1n) is 8.23. The smallest absolute Gasteiger partial charge is 0.293 e. The Labute approximate surface area is 163 Å². The zero-order valence-corrected chi connectivity index (χ0v) is 16.4. The molecule has 2 unspecified atom stereocenters. The molecule has 1 fully saturated rings. The number of sulfonamides is 1. The van der Waals surface area contributed by atoms with Crippen LogP contribution in [0.1, 0.15) is 19.8 Å². The van der Waals surface area contributed by atoms with Crippen LogP contribution in [-0.4, -0.2) is 44.9 Å². The maximum Gasteiger partial charge on any atom is 0.293 e. The topological polar surface area (TPSA) is 156 Å². The van der Waals surface area contributed by atoms with Crippen LogP contribution in [-0.2, 0) is 14.8 Å². The van der Waals surface area contributed by atoms with Crippen molar-refractivity contribution in [3.63, 3.8) is 0 Å². The maximum atomic E-state index is 12.0. The average molecular weight is 422 g/mol. The van der Waals surface area contributed by atoms with Crippen molar-refractivity contribution >= 4 is 39.7 Å². The van der Waals surface area contributed by atoms with Gasteiger partial charge in [0.1, 0.15) is 5.69 Å². The van der Waals surface area contributed by atoms with Crippen LogP contribution in [0.3, 0.4) is 0 Å². The van der Waals surface area contributed by atoms with Gasteiger partial charge in [-0.2, -0.15) is 0 Å². The fourth-order valence-corrected chi connectivity index (χ4v) is 3.30. The number of halogens is 1. The summed E-state index contributed by atoms with van der Waals surface area (Å²) < 4.78 is 22.6. The number of amides is 1. The predicted octanol–water partition coefficient (Wildman–Crippen LogP) is 0.580. The Morgan fingerprint density at radius 2 is 2.15 bits per heavy atom. The van der Waals surface area contributed by atoms with Crippen molar-refractivity contribution in [2.75, 3.05) is 25.0 Å². The number of hydrogen-bond acceptors (Lipinski definition) is 7. The molecule has 0 aliphatic carbocycles. The summed E-state index contributed by atoms with van der Waals surface area (Å²) in [6.07, 6.45) is 1.13. The molecule has 0 saturated carbocycles. The maximum absolute atomic E-state index is 12.0. The highest BCUT2D eigenvalue weighted by Gasteiger charge is 2.23. The van der Waals surface area contributed by atoms with Crippen LogP contribution < -0.4 is 21.1 Å². The Morgan fingerprint density at radius 1 is 1.44 bits per heavy atom. The van der Waals surface area contributed by atoms with Crippen LogP contribution in [0.4, 0.5) is 11.4 Å². The van der Waals surface area contributed by atoms with Gasteiger partial charge in [-0.25, -0.2) is 13.6 Å². The lowest BCUT2D eigenvalue weighted by Crippen LogP contribution is -2.50. The van der Waals surface area contributed by atoms with Crippen LogP contribution in [0.2, 0.25) is 0 Å². The zero-order chi connectivity index (χ0) is 19.3. The van der Waals surface area contributed by atoms with Gasteiger partial charge < -0.3 is 16.0 Å². The highest BCUT2D eigenvalue weighted by atomic mass is 35.5. The lowest BCUT2D eigenvalue weighted by molar-refractivity contribution is -0.384. The molecule has 0 radical (unpaired) electrons. The fraction of sp³-hybridized carbons (Fsp3) is 0.533. The number of piperidine rings is 1. The van der Waals surface area contributed by atoms with E-state index in [1.54, 1.807) is 0 Å². The molecule has 2 atom stereocenters. The van der Waals surface area contributed by atoms with Crippen molar-refractivity contribution in [3.05, 3.63) is 28.3 Å². The minimum atomic E-state index is -4.03. The molecule has 1 aliphatic heterocycles. The number of nitrogens with two attached hydrogens (primary N) is 1. The van der Waals surface area contributed by atoms with Gasteiger partial charge >= 0.3 is 0 Å². The summed E-state index contributed by atoms with van der Waals surface area (Å²) in [5, 5.41) is 25.1. The Morgan fingerprint density at radius 3 is 2.74 bits per heavy atom. The van der Waals surface area contributed by atoms with E-state index in [0.29, 0.717) is 5.92 Å². The minimum absolute atomic E-state index is 0. The lowest BCUT2D eigenvalue weighted by atomic mass is 9.95. The van der Waals surface area contributed by atoms with Crippen molar-refractivity contribution in [1.82, 2.24) is 10.6 Å². The Kier molecular flexibility index (Phi) is 8.41. The van der Waals surface area contributed by atoms with E-state index in [4.69, 9.17) is 5.14 Å². The van der Waals surface area contributed by atoms with E-state index in [-0.39, 0.29) is 47.9 Å². The normalized spacial score (nSPS) is 19.6. The zero-order valence-electron chi connectivity index (χ0n) is 14.8. The molecule has 5 N–H and O–H groups in total. The van der Waals surface area contributed by atoms with Crippen molar-refractivity contribution in [3.8, 4) is 0 Å². The highest BCUT2D eigenvalue weighted by Crippen LogP contribution is 2.27. The first kappa shape index (κ1) is 23.1. The molecule has 1 heterocycles. The molecule has 1 aromatic rings. The highest BCUT2D eigenvalue weighted by molar-refractivity contribution is 7.89. The van der Waals surface area contributed by atoms with Gasteiger partial charge in [0.05, 0.1) is 9.82 Å². The molecular weight excluding hydrogens is 398 g/mol. The number of anilines is 1. The molecule has 1 aliphatic rings. The number of nitro benzene ring substituents is 1. The number of nitro groups is 1. The largest absolute Gasteiger partial charge is 0.379 e. The molecule has 0 aromatic heterocycles. The van der Waals surface area contributed by atoms with Crippen molar-refractivity contribution in [1.29, 1.82) is 0 Å². The molecule has 0 spiro atoms. The van der Waals surface area contributed by atoms with E-state index >= 15 is 0 Å². The second-order valence-corrected chi connectivity index (χ2v) is 7.86. The van der Waals surface area contributed by atoms with Crippen LogP contribution in [0.25, 0.3) is 0 Å². The summed E-state index contributed by atoms with van der Waals surface area (Å²) >= 11 is 0. The van der Waals surface area contributed by atoms with Crippen molar-refractivity contribution in [2.24, 2.45) is 11.1 Å². The summed E-state index contributed by atoms with van der Waals surface area (Å²) in [6.45, 7) is 3.92. The molecule has 12 heteroatoms. The number of nitrogens with zero attached hydrogens (tertiary/aromatic N) is 1. The van der Waals surface area contributed by atoms with Crippen LogP contribution >= 0.6 is 12.4 Å². The van der Waals surface area contributed by atoms with Gasteiger partial charge in [0.2, 0.25) is 15.9 Å². The molecule has 1 amide bonds. The first-order valence-corrected chi connectivity index (χ1v) is 9.78. The lowest BCUT2D eigenvalue weighted by Gasteiger charge is -2.30. The second-order valence-electron chi connectivity index (χ2n) is 6.30. The van der Waals surface area contributed by atoms with Crippen LogP contribution in [0.5, 0.6) is 0 Å². The summed E-state index contributed by atoms with van der Waals surface area (Å²) in [7, 11) is -4.03. The molecule has 1 saturated heterocycles. The number of hydrogen-bond donors (Lipinski definition) is 4. The standard InChI is InChI=1S/C15H23N5O5S.ClH/c1-10-4-6-17-9-13(10)19-15(21)5-7-18-12-3-2-11(26(16,24)25)8-14(12)20(22)23;/h2-3,8,10,13,17-18H,4-7,9H2,1H3,(H,19,21)(H2,16,24,25);1H. The molecular formula is C15H24ClN5O5S. The third-order valence-electron chi connectivity index (χ3n) is 4.34. The Balaban J connectivity index is 0.00000364. The molecule has 2 rings (SSSR count). The van der Waals surface area contributed by atoms with Gasteiger partial charge in [0.25, 0.3) is 5.69 Å². The number of rotatable bonds is 7. The predicted molar refractivity (Wildman–Crippen MR) is 103 cm³/mol. The SMILES string of the molecule is CC1CCNCC1NC(=O)CCNc1ccc(S(N)(=O)=O)cc1[N+](=O)[O-].Cl. The van der Waals surface area contributed by atoms with Gasteiger partial charge in [0.15, 0.2) is 0 Å². The number of primary sulfonamides is 1. The third kappa shape index (κ3) is 6.61. The first-order chi connectivity index (χ1) is 12.2. The Hall–Kier alpha value is -1.95. The van der Waals surface area contributed by atoms with E-state index in [1.165, 1.54) is 12.1 Å². The van der Waals surface area contributed by atoms with Crippen molar-refractivity contribution in [2.45, 2.75) is 30.7 Å². The Bertz CT molecular complexity index is 789. The van der Waals surface area contributed by atoms with E-state index in [0.717, 1.165) is 25.6 Å². The van der Waals surface area contributed by atoms with E-state index in [9.17, 15) is 23.3 Å². The fourth-order valence-electron chi connectivity index (χ4n) is 2.76. The molecule has 10 nitrogen and oxygen atoms in total. The molecule has 0 bridgehead atoms. The van der Waals surface area contributed by atoms with Crippen molar-refractivity contribution < 1.29 is 18.1 Å². The number of nitrogens with one attached hydrogen (secondary N) is 3. The number of carbonyl (C=O) groups excluding carboxylic acids is 1. The quantitative estimate of drug-likeness (QED) is 0.370. The summed E-state index contributed by atoms with van der Waals surface area (Å²) in [4.78, 5) is 22.1. The minimum Gasteiger partial charge on any atom is -0.379 e. The van der Waals surface area contributed by atoms with E-state index < -0.39 is 20.6 Å². The van der Waals surface area contributed by atoms with E-state index in [2.05, 4.69) is 22.9 Å². The summed E-state index contributed by atoms with van der Waals surface area (Å²) in [5.41, 5.74) is -0.287. The van der Waals surface area contributed by atoms with Gasteiger partial charge in [0, 0.05) is 31.6 Å². The van der Waals surface area contributed by atoms with Crippen LogP contribution in [0.15, 0.2) is 23.1 Å². The van der Waals surface area contributed by atoms with E-state index in [1.807, 2.05) is 0 Å². The number of benzene rings is 1. The summed E-state index contributed by atoms with van der Waals surface area (Å²) in [6, 6.07) is 3.41. The average Bonchev–Trinajstić information content (AvgIpc) is 2.56. The van der Waals surface area contributed by atoms with Gasteiger partial charge in [-0.3, -0.25) is 14.9 Å². The summed E-state index contributed by atoms with van der Waals surface area (Å²) in [5.74, 6) is 0.238. The van der Waals surface area contributed by atoms with Gasteiger partial charge in [-0.05, 0) is 31.0 Å². The second kappa shape index (κ2) is 9.83. The molecule has 152 valence electrons. The van der Waals surface area contributed by atoms with Crippen LogP contribution in [0, 0.1) is 16.0 Å². The molecule has 27 heavy (non-hydrogen) atoms. The third-order valence-corrected chi connectivity index (χ3v) is 5.25. The monoisotopic (exact) mass is 421 g/mol. The molecule has 1 aromatic carbocycles. The van der Waals surface area contributed by atoms with Gasteiger partial charge in [-0.15, -0.1) is 12.4 Å².